The van der Waals surface area contributed by atoms with E-state index in [1.54, 1.807) is 0 Å². The summed E-state index contributed by atoms with van der Waals surface area (Å²) in [5.41, 5.74) is 9.38. The second kappa shape index (κ2) is 4.44. The number of anilines is 1. The second-order valence-electron chi connectivity index (χ2n) is 4.88. The molecule has 0 spiro atoms. The second-order valence-corrected chi connectivity index (χ2v) is 4.88. The smallest absolute Gasteiger partial charge is 0.0589 e. The van der Waals surface area contributed by atoms with Crippen molar-refractivity contribution < 1.29 is 5.11 Å². The maximum atomic E-state index is 9.43. The lowest BCUT2D eigenvalue weighted by atomic mass is 10.0. The van der Waals surface area contributed by atoms with E-state index in [1.807, 2.05) is 12.1 Å². The lowest BCUT2D eigenvalue weighted by Crippen LogP contribution is -2.38. The lowest BCUT2D eigenvalue weighted by molar-refractivity contribution is 0.0893. The normalized spacial score (nSPS) is 17.8. The zero-order chi connectivity index (χ0) is 11.7. The van der Waals surface area contributed by atoms with Crippen molar-refractivity contribution in [2.75, 3.05) is 12.3 Å². The van der Waals surface area contributed by atoms with Gasteiger partial charge in [-0.25, -0.2) is 0 Å². The van der Waals surface area contributed by atoms with Crippen LogP contribution in [0.5, 0.6) is 0 Å². The van der Waals surface area contributed by atoms with Crippen LogP contribution in [0.25, 0.3) is 0 Å². The van der Waals surface area contributed by atoms with E-state index >= 15 is 0 Å². The minimum Gasteiger partial charge on any atom is -0.398 e. The quantitative estimate of drug-likeness (QED) is 0.761. The minimum absolute atomic E-state index is 0.214. The molecule has 0 fully saturated rings. The van der Waals surface area contributed by atoms with Crippen molar-refractivity contribution in [3.8, 4) is 0 Å². The Labute approximate surface area is 96.9 Å². The molecule has 1 atom stereocenters. The summed E-state index contributed by atoms with van der Waals surface area (Å²) in [4.78, 5) is 2.31. The van der Waals surface area contributed by atoms with Crippen molar-refractivity contribution in [3.63, 3.8) is 0 Å². The molecular weight excluding hydrogens is 200 g/mol. The van der Waals surface area contributed by atoms with Gasteiger partial charge in [-0.05, 0) is 23.1 Å². The molecule has 3 heteroatoms. The highest BCUT2D eigenvalue weighted by Crippen LogP contribution is 2.30. The van der Waals surface area contributed by atoms with Crippen molar-refractivity contribution in [2.24, 2.45) is 5.92 Å². The van der Waals surface area contributed by atoms with Gasteiger partial charge in [-0.1, -0.05) is 26.0 Å². The number of hydrogen-bond donors (Lipinski definition) is 2. The average molecular weight is 220 g/mol. The third-order valence-corrected chi connectivity index (χ3v) is 3.47. The van der Waals surface area contributed by atoms with E-state index in [1.165, 1.54) is 11.1 Å². The standard InChI is InChI=1S/C13H20N2O/c1-9(2)13(8-16)15-6-10-4-3-5-12(14)11(10)7-15/h3-5,9,13,16H,6-8,14H2,1-2H3. The summed E-state index contributed by atoms with van der Waals surface area (Å²) in [6.45, 7) is 6.28. The molecule has 0 aliphatic carbocycles. The summed E-state index contributed by atoms with van der Waals surface area (Å²) in [6.07, 6.45) is 0. The van der Waals surface area contributed by atoms with E-state index in [-0.39, 0.29) is 12.6 Å². The number of rotatable bonds is 3. The van der Waals surface area contributed by atoms with Crippen LogP contribution in [-0.2, 0) is 13.1 Å². The molecule has 0 aromatic heterocycles. The van der Waals surface area contributed by atoms with Gasteiger partial charge in [0.05, 0.1) is 6.61 Å². The van der Waals surface area contributed by atoms with Gasteiger partial charge in [-0.3, -0.25) is 4.90 Å². The van der Waals surface area contributed by atoms with Crippen LogP contribution in [0.1, 0.15) is 25.0 Å². The number of hydrogen-bond acceptors (Lipinski definition) is 3. The van der Waals surface area contributed by atoms with E-state index in [2.05, 4.69) is 24.8 Å². The largest absolute Gasteiger partial charge is 0.398 e. The summed E-state index contributed by atoms with van der Waals surface area (Å²) in [7, 11) is 0. The highest BCUT2D eigenvalue weighted by molar-refractivity contribution is 5.52. The van der Waals surface area contributed by atoms with Gasteiger partial charge in [0.1, 0.15) is 0 Å². The maximum absolute atomic E-state index is 9.43. The van der Waals surface area contributed by atoms with E-state index in [0.717, 1.165) is 18.8 Å². The molecule has 0 saturated carbocycles. The summed E-state index contributed by atoms with van der Waals surface area (Å²) in [5, 5.41) is 9.43. The van der Waals surface area contributed by atoms with Gasteiger partial charge in [-0.15, -0.1) is 0 Å². The maximum Gasteiger partial charge on any atom is 0.0589 e. The highest BCUT2D eigenvalue weighted by Gasteiger charge is 2.28. The van der Waals surface area contributed by atoms with Gasteiger partial charge < -0.3 is 10.8 Å². The van der Waals surface area contributed by atoms with Crippen molar-refractivity contribution in [1.82, 2.24) is 4.90 Å². The molecule has 16 heavy (non-hydrogen) atoms. The Bertz CT molecular complexity index is 376. The number of nitrogens with two attached hydrogens (primary N) is 1. The van der Waals surface area contributed by atoms with Crippen LogP contribution in [0.3, 0.4) is 0 Å². The number of aliphatic hydroxyl groups excluding tert-OH is 1. The third-order valence-electron chi connectivity index (χ3n) is 3.47. The molecule has 2 rings (SSSR count). The van der Waals surface area contributed by atoms with Gasteiger partial charge in [0.25, 0.3) is 0 Å². The Morgan fingerprint density at radius 2 is 2.12 bits per heavy atom. The summed E-state index contributed by atoms with van der Waals surface area (Å²) < 4.78 is 0. The van der Waals surface area contributed by atoms with Crippen LogP contribution in [0.4, 0.5) is 5.69 Å². The predicted octanol–water partition coefficient (Wildman–Crippen LogP) is 1.60. The Hall–Kier alpha value is -1.06. The van der Waals surface area contributed by atoms with Crippen LogP contribution in [0.15, 0.2) is 18.2 Å². The van der Waals surface area contributed by atoms with E-state index < -0.39 is 0 Å². The molecule has 3 N–H and O–H groups in total. The first-order chi connectivity index (χ1) is 7.63. The van der Waals surface area contributed by atoms with Crippen molar-refractivity contribution in [2.45, 2.75) is 33.0 Å². The topological polar surface area (TPSA) is 49.5 Å². The first-order valence-electron chi connectivity index (χ1n) is 5.84. The van der Waals surface area contributed by atoms with Gasteiger partial charge in [0.15, 0.2) is 0 Å². The minimum atomic E-state index is 0.214. The Balaban J connectivity index is 2.19. The molecular formula is C13H20N2O. The van der Waals surface area contributed by atoms with Crippen molar-refractivity contribution in [3.05, 3.63) is 29.3 Å². The Kier molecular flexibility index (Phi) is 3.17. The summed E-state index contributed by atoms with van der Waals surface area (Å²) >= 11 is 0. The number of benzene rings is 1. The number of nitrogen functional groups attached to an aromatic ring is 1. The van der Waals surface area contributed by atoms with Gasteiger partial charge >= 0.3 is 0 Å². The molecule has 1 aliphatic rings. The van der Waals surface area contributed by atoms with Crippen molar-refractivity contribution in [1.29, 1.82) is 0 Å². The third kappa shape index (κ3) is 1.93. The first kappa shape index (κ1) is 11.4. The fourth-order valence-electron chi connectivity index (χ4n) is 2.46. The van der Waals surface area contributed by atoms with Crippen LogP contribution < -0.4 is 5.73 Å². The highest BCUT2D eigenvalue weighted by atomic mass is 16.3. The van der Waals surface area contributed by atoms with Gasteiger partial charge in [0.2, 0.25) is 0 Å². The number of aliphatic hydroxyl groups is 1. The first-order valence-corrected chi connectivity index (χ1v) is 5.84. The molecule has 3 nitrogen and oxygen atoms in total. The fraction of sp³-hybridized carbons (Fsp3) is 0.538. The molecule has 0 saturated heterocycles. The summed E-state index contributed by atoms with van der Waals surface area (Å²) in [6, 6.07) is 6.31. The SMILES string of the molecule is CC(C)C(CO)N1Cc2cccc(N)c2C1. The fourth-order valence-corrected chi connectivity index (χ4v) is 2.46. The Morgan fingerprint density at radius 1 is 1.38 bits per heavy atom. The molecule has 1 aromatic rings. The molecule has 1 aliphatic heterocycles. The molecule has 0 radical (unpaired) electrons. The summed E-state index contributed by atoms with van der Waals surface area (Å²) in [5.74, 6) is 0.459. The van der Waals surface area contributed by atoms with E-state index in [9.17, 15) is 5.11 Å². The zero-order valence-electron chi connectivity index (χ0n) is 9.98. The van der Waals surface area contributed by atoms with Gasteiger partial charge in [-0.2, -0.15) is 0 Å². The van der Waals surface area contributed by atoms with Crippen LogP contribution in [0.2, 0.25) is 0 Å². The molecule has 1 aromatic carbocycles. The number of fused-ring (bicyclic) bond motifs is 1. The Morgan fingerprint density at radius 3 is 2.69 bits per heavy atom. The molecule has 0 bridgehead atoms. The van der Waals surface area contributed by atoms with Crippen molar-refractivity contribution >= 4 is 5.69 Å². The monoisotopic (exact) mass is 220 g/mol. The van der Waals surface area contributed by atoms with Crippen LogP contribution in [-0.4, -0.2) is 22.7 Å². The van der Waals surface area contributed by atoms with E-state index in [0.29, 0.717) is 5.92 Å². The average Bonchev–Trinajstić information content (AvgIpc) is 2.63. The molecule has 0 amide bonds. The lowest BCUT2D eigenvalue weighted by Gasteiger charge is -2.28. The molecule has 1 heterocycles. The molecule has 88 valence electrons. The number of nitrogens with zero attached hydrogens (tertiary/aromatic N) is 1. The van der Waals surface area contributed by atoms with Crippen LogP contribution >= 0.6 is 0 Å². The van der Waals surface area contributed by atoms with E-state index in [4.69, 9.17) is 5.73 Å². The predicted molar refractivity (Wildman–Crippen MR) is 65.8 cm³/mol. The van der Waals surface area contributed by atoms with Gasteiger partial charge in [0, 0.05) is 24.8 Å². The molecule has 1 unspecified atom stereocenters. The zero-order valence-corrected chi connectivity index (χ0v) is 9.98. The van der Waals surface area contributed by atoms with Crippen LogP contribution in [0, 0.1) is 5.92 Å².